The molecule has 0 amide bonds. The third-order valence-electron chi connectivity index (χ3n) is 10.3. The molecule has 0 unspecified atom stereocenters. The van der Waals surface area contributed by atoms with Crippen LogP contribution in [-0.4, -0.2) is 162 Å². The van der Waals surface area contributed by atoms with Gasteiger partial charge in [-0.05, 0) is 75.0 Å². The summed E-state index contributed by atoms with van der Waals surface area (Å²) in [6, 6.07) is 0. The summed E-state index contributed by atoms with van der Waals surface area (Å²) < 4.78 is 132. The van der Waals surface area contributed by atoms with Crippen LogP contribution >= 0.6 is 0 Å². The molecule has 20 nitrogen and oxygen atoms in total. The van der Waals surface area contributed by atoms with Crippen LogP contribution in [0.25, 0.3) is 0 Å². The summed E-state index contributed by atoms with van der Waals surface area (Å²) in [5.74, 6) is -0.191. The third kappa shape index (κ3) is 42.0. The van der Waals surface area contributed by atoms with Gasteiger partial charge in [0, 0.05) is 54.9 Å². The number of allylic oxidation sites excluding steroid dienone is 4. The Labute approximate surface area is 412 Å². The maximum Gasteiger partial charge on any atom is 0.212 e. The van der Waals surface area contributed by atoms with Crippen LogP contribution in [0.2, 0.25) is 0 Å². The van der Waals surface area contributed by atoms with Gasteiger partial charge in [-0.3, -0.25) is 0 Å². The van der Waals surface area contributed by atoms with Crippen molar-refractivity contribution < 1.29 is 71.6 Å². The van der Waals surface area contributed by atoms with Crippen LogP contribution in [0, 0.1) is 23.7 Å². The molecule has 408 valence electrons. The van der Waals surface area contributed by atoms with Gasteiger partial charge in [0.15, 0.2) is 0 Å². The lowest BCUT2D eigenvalue weighted by molar-refractivity contribution is 0.0678. The highest BCUT2D eigenvalue weighted by molar-refractivity contribution is 7.90. The molecule has 0 saturated carbocycles. The normalized spacial score (nSPS) is 15.5. The SMILES string of the molecule is C=CC[C@@H](C)[C@@H](CCOCCOC)S(N)(=O)=O.C=CC[C@@H](C)[C@H](CCOCCOC)S(N)(=O)=O.C=CC[C@H](C)[C@@H](CCOCCOC)S(N)(=O)=O.C=CC[C@H](C)[C@H](CCOCCOC)S(N)(=O)=O. The fourth-order valence-corrected chi connectivity index (χ4v) is 11.3. The van der Waals surface area contributed by atoms with E-state index < -0.39 is 61.1 Å². The highest BCUT2D eigenvalue weighted by Gasteiger charge is 2.29. The average Bonchev–Trinajstić information content (AvgIpc) is 3.22. The zero-order chi connectivity index (χ0) is 53.2. The maximum atomic E-state index is 11.4. The van der Waals surface area contributed by atoms with E-state index in [1.165, 1.54) is 0 Å². The number of nitrogens with two attached hydrogens (primary N) is 4. The quantitative estimate of drug-likeness (QED) is 0.0503. The molecule has 0 bridgehead atoms. The number of methoxy groups -OCH3 is 4. The Morgan fingerprint density at radius 3 is 0.618 bits per heavy atom. The summed E-state index contributed by atoms with van der Waals surface area (Å²) in [5, 5.41) is 18.5. The van der Waals surface area contributed by atoms with Gasteiger partial charge in [0.1, 0.15) is 0 Å². The monoisotopic (exact) mass is 1060 g/mol. The molecule has 0 aliphatic heterocycles. The molecular weight excluding hydrogens is 969 g/mol. The Morgan fingerprint density at radius 2 is 0.500 bits per heavy atom. The molecule has 0 heterocycles. The van der Waals surface area contributed by atoms with E-state index in [1.54, 1.807) is 52.7 Å². The predicted octanol–water partition coefficient (Wildman–Crippen LogP) is 3.64. The molecule has 68 heavy (non-hydrogen) atoms. The first-order chi connectivity index (χ1) is 31.7. The van der Waals surface area contributed by atoms with Crippen molar-refractivity contribution in [2.75, 3.05) is 108 Å². The van der Waals surface area contributed by atoms with E-state index in [2.05, 4.69) is 26.3 Å². The van der Waals surface area contributed by atoms with Gasteiger partial charge in [0.2, 0.25) is 40.1 Å². The fraction of sp³-hybridized carbons (Fsp3) is 0.818. The van der Waals surface area contributed by atoms with Gasteiger partial charge in [-0.1, -0.05) is 52.0 Å². The first-order valence-corrected chi connectivity index (χ1v) is 28.9. The summed E-state index contributed by atoms with van der Waals surface area (Å²) in [4.78, 5) is 0. The fourth-order valence-electron chi connectivity index (χ4n) is 6.52. The van der Waals surface area contributed by atoms with Crippen molar-refractivity contribution in [3.8, 4) is 0 Å². The summed E-state index contributed by atoms with van der Waals surface area (Å²) >= 11 is 0. The Hall–Kier alpha value is -1.72. The van der Waals surface area contributed by atoms with Gasteiger partial charge < -0.3 is 37.9 Å². The van der Waals surface area contributed by atoms with E-state index >= 15 is 0 Å². The van der Waals surface area contributed by atoms with Gasteiger partial charge in [-0.25, -0.2) is 54.2 Å². The lowest BCUT2D eigenvalue weighted by atomic mass is 10.0. The van der Waals surface area contributed by atoms with Crippen LogP contribution in [0.1, 0.15) is 79.1 Å². The van der Waals surface area contributed by atoms with Crippen LogP contribution < -0.4 is 20.6 Å². The minimum Gasteiger partial charge on any atom is -0.382 e. The van der Waals surface area contributed by atoms with Crippen LogP contribution in [0.4, 0.5) is 0 Å². The molecule has 0 aliphatic rings. The topological polar surface area (TPSA) is 314 Å². The Bertz CT molecular complexity index is 1460. The summed E-state index contributed by atoms with van der Waals surface area (Å²) in [6.07, 6.45) is 10.9. The van der Waals surface area contributed by atoms with E-state index in [0.29, 0.717) is 131 Å². The predicted molar refractivity (Wildman–Crippen MR) is 273 cm³/mol. The number of hydrogen-bond donors (Lipinski definition) is 4. The second-order valence-electron chi connectivity index (χ2n) is 16.1. The van der Waals surface area contributed by atoms with Gasteiger partial charge in [0.25, 0.3) is 0 Å². The van der Waals surface area contributed by atoms with Crippen LogP contribution in [0.3, 0.4) is 0 Å². The first-order valence-electron chi connectivity index (χ1n) is 22.5. The second-order valence-corrected chi connectivity index (χ2v) is 23.2. The van der Waals surface area contributed by atoms with E-state index in [4.69, 9.17) is 58.5 Å². The van der Waals surface area contributed by atoms with Crippen molar-refractivity contribution in [1.82, 2.24) is 0 Å². The number of primary sulfonamides is 4. The molecule has 0 aliphatic carbocycles. The number of ether oxygens (including phenoxy) is 8. The van der Waals surface area contributed by atoms with Crippen molar-refractivity contribution in [1.29, 1.82) is 0 Å². The molecule has 0 saturated heterocycles. The van der Waals surface area contributed by atoms with E-state index in [-0.39, 0.29) is 23.7 Å². The maximum absolute atomic E-state index is 11.4. The number of sulfonamides is 4. The lowest BCUT2D eigenvalue weighted by Crippen LogP contribution is -2.35. The number of hydrogen-bond acceptors (Lipinski definition) is 16. The van der Waals surface area contributed by atoms with E-state index in [0.717, 1.165) is 0 Å². The van der Waals surface area contributed by atoms with E-state index in [1.807, 2.05) is 27.7 Å². The molecule has 24 heteroatoms. The Balaban J connectivity index is -0.000000402. The summed E-state index contributed by atoms with van der Waals surface area (Å²) in [6.45, 7) is 27.1. The van der Waals surface area contributed by atoms with Gasteiger partial charge in [-0.15, -0.1) is 26.3 Å². The summed E-state index contributed by atoms with van der Waals surface area (Å²) in [7, 11) is -7.81. The van der Waals surface area contributed by atoms with Crippen molar-refractivity contribution in [2.24, 2.45) is 44.2 Å². The average molecular weight is 1060 g/mol. The van der Waals surface area contributed by atoms with Crippen LogP contribution in [0.15, 0.2) is 50.6 Å². The molecule has 8 N–H and O–H groups in total. The Kier molecular flexibility index (Phi) is 47.1. The smallest absolute Gasteiger partial charge is 0.212 e. The van der Waals surface area contributed by atoms with Crippen molar-refractivity contribution in [2.45, 2.75) is 100 Å². The molecule has 0 aromatic heterocycles. The largest absolute Gasteiger partial charge is 0.382 e. The lowest BCUT2D eigenvalue weighted by Gasteiger charge is -2.20. The van der Waals surface area contributed by atoms with Crippen LogP contribution in [0.5, 0.6) is 0 Å². The highest BCUT2D eigenvalue weighted by atomic mass is 32.2. The molecule has 0 aromatic carbocycles. The minimum absolute atomic E-state index is 0.0477. The van der Waals surface area contributed by atoms with Gasteiger partial charge >= 0.3 is 0 Å². The molecular formula is C44H92N4O16S4. The zero-order valence-corrected chi connectivity index (χ0v) is 45.6. The Morgan fingerprint density at radius 1 is 0.338 bits per heavy atom. The van der Waals surface area contributed by atoms with Crippen molar-refractivity contribution >= 4 is 40.1 Å². The highest BCUT2D eigenvalue weighted by Crippen LogP contribution is 2.21. The minimum atomic E-state index is -3.54. The molecule has 0 fully saturated rings. The molecule has 8 atom stereocenters. The van der Waals surface area contributed by atoms with Crippen LogP contribution in [-0.2, 0) is 78.0 Å². The molecule has 0 rings (SSSR count). The molecule has 0 aromatic rings. The van der Waals surface area contributed by atoms with Gasteiger partial charge in [-0.2, -0.15) is 0 Å². The third-order valence-corrected chi connectivity index (χ3v) is 16.5. The van der Waals surface area contributed by atoms with Gasteiger partial charge in [0.05, 0.1) is 73.9 Å². The van der Waals surface area contributed by atoms with Crippen molar-refractivity contribution in [3.63, 3.8) is 0 Å². The standard InChI is InChI=1S/4C11H23NO4S/c4*1-4-5-10(2)11(17(12,13)14)6-7-16-9-8-15-3/h4*4,10-11H,1,5-9H2,2-3H3,(H2,12,13,14)/t2*10-,11+;2*10-,11-/m1010/s1. The summed E-state index contributed by atoms with van der Waals surface area (Å²) in [5.41, 5.74) is 0. The second kappa shape index (κ2) is 44.0. The molecule has 0 radical (unpaired) electrons. The van der Waals surface area contributed by atoms with E-state index in [9.17, 15) is 33.7 Å². The first kappa shape index (κ1) is 72.8. The zero-order valence-electron chi connectivity index (χ0n) is 42.4. The molecule has 0 spiro atoms. The van der Waals surface area contributed by atoms with Crippen molar-refractivity contribution in [3.05, 3.63) is 50.6 Å². The number of rotatable bonds is 40.